The molecule has 12 heteroatoms. The smallest absolute Gasteiger partial charge is 0.271 e. The van der Waals surface area contributed by atoms with Crippen molar-refractivity contribution in [1.82, 2.24) is 10.2 Å². The van der Waals surface area contributed by atoms with Crippen LogP contribution in [-0.2, 0) is 26.2 Å². The predicted octanol–water partition coefficient (Wildman–Crippen LogP) is 2.88. The maximum Gasteiger partial charge on any atom is 0.271 e. The predicted molar refractivity (Wildman–Crippen MR) is 130 cm³/mol. The van der Waals surface area contributed by atoms with Crippen molar-refractivity contribution < 1.29 is 22.9 Å². The molecule has 1 N–H and O–H groups in total. The minimum Gasteiger partial charge on any atom is -0.355 e. The van der Waals surface area contributed by atoms with Gasteiger partial charge in [-0.1, -0.05) is 29.8 Å². The molecule has 2 aromatic carbocycles. The monoisotopic (exact) mass is 510 g/mol. The van der Waals surface area contributed by atoms with E-state index in [1.807, 2.05) is 0 Å². The van der Waals surface area contributed by atoms with Gasteiger partial charge in [-0.2, -0.15) is 0 Å². The first-order chi connectivity index (χ1) is 15.8. The average Bonchev–Trinajstić information content (AvgIpc) is 2.75. The first-order valence-electron chi connectivity index (χ1n) is 10.4. The number of carbonyl (C=O) groups excluding carboxylic acids is 2. The van der Waals surface area contributed by atoms with Crippen LogP contribution in [0.2, 0.25) is 5.02 Å². The molecule has 10 nitrogen and oxygen atoms in total. The average molecular weight is 511 g/mol. The normalized spacial score (nSPS) is 12.0. The molecule has 0 fully saturated rings. The summed E-state index contributed by atoms with van der Waals surface area (Å²) >= 11 is 6.06. The molecule has 0 aliphatic carbocycles. The van der Waals surface area contributed by atoms with E-state index in [1.165, 1.54) is 24.0 Å². The van der Waals surface area contributed by atoms with Crippen LogP contribution in [0.15, 0.2) is 42.5 Å². The first-order valence-corrected chi connectivity index (χ1v) is 12.6. The van der Waals surface area contributed by atoms with E-state index >= 15 is 0 Å². The van der Waals surface area contributed by atoms with Crippen LogP contribution in [0.25, 0.3) is 0 Å². The van der Waals surface area contributed by atoms with E-state index in [1.54, 1.807) is 38.1 Å². The van der Waals surface area contributed by atoms with E-state index in [9.17, 15) is 28.1 Å². The highest BCUT2D eigenvalue weighted by molar-refractivity contribution is 7.92. The molecule has 0 saturated heterocycles. The zero-order valence-electron chi connectivity index (χ0n) is 19.3. The van der Waals surface area contributed by atoms with Gasteiger partial charge in [0.05, 0.1) is 16.9 Å². The van der Waals surface area contributed by atoms with Gasteiger partial charge in [0, 0.05) is 30.2 Å². The number of likely N-dealkylation sites (N-methyl/N-ethyl adjacent to an activating group) is 1. The molecule has 2 aromatic rings. The van der Waals surface area contributed by atoms with Gasteiger partial charge in [0.2, 0.25) is 21.8 Å². The molecule has 0 heterocycles. The van der Waals surface area contributed by atoms with Crippen molar-refractivity contribution >= 4 is 44.8 Å². The van der Waals surface area contributed by atoms with Crippen LogP contribution < -0.4 is 9.62 Å². The first kappa shape index (κ1) is 27.1. The highest BCUT2D eigenvalue weighted by atomic mass is 35.5. The van der Waals surface area contributed by atoms with Gasteiger partial charge in [0.1, 0.15) is 12.6 Å². The molecule has 0 aromatic heterocycles. The lowest BCUT2D eigenvalue weighted by Crippen LogP contribution is -2.51. The SMILES string of the molecule is CCNC(=O)C(C)N(Cc1cccc(Cl)c1)C(=O)CN(c1cc([N+](=O)[O-])ccc1C)S(C)(=O)=O. The number of benzene rings is 2. The Labute approximate surface area is 203 Å². The number of aryl methyl sites for hydroxylation is 1. The summed E-state index contributed by atoms with van der Waals surface area (Å²) in [7, 11) is -4.01. The topological polar surface area (TPSA) is 130 Å². The van der Waals surface area contributed by atoms with Crippen molar-refractivity contribution in [3.63, 3.8) is 0 Å². The Hall–Kier alpha value is -3.18. The molecular weight excluding hydrogens is 484 g/mol. The molecule has 34 heavy (non-hydrogen) atoms. The maximum absolute atomic E-state index is 13.4. The highest BCUT2D eigenvalue weighted by Gasteiger charge is 2.31. The molecule has 0 aliphatic rings. The number of halogens is 1. The van der Waals surface area contributed by atoms with Crippen LogP contribution in [0, 0.1) is 17.0 Å². The third-order valence-electron chi connectivity index (χ3n) is 5.11. The number of non-ortho nitro benzene ring substituents is 1. The number of anilines is 1. The number of nitrogens with one attached hydrogen (secondary N) is 1. The van der Waals surface area contributed by atoms with Gasteiger partial charge in [0.25, 0.3) is 5.69 Å². The molecule has 0 radical (unpaired) electrons. The van der Waals surface area contributed by atoms with Gasteiger partial charge in [-0.05, 0) is 44.0 Å². The van der Waals surface area contributed by atoms with Crippen molar-refractivity contribution in [3.05, 3.63) is 68.7 Å². The molecular formula is C22H27ClN4O6S. The van der Waals surface area contributed by atoms with E-state index in [0.717, 1.165) is 16.6 Å². The number of nitro groups is 1. The zero-order valence-corrected chi connectivity index (χ0v) is 20.9. The standard InChI is InChI=1S/C22H27ClN4O6S/c1-5-24-22(29)16(3)25(13-17-7-6-8-18(23)11-17)21(28)14-26(34(4,32)33)20-12-19(27(30)31)10-9-15(20)2/h6-12,16H,5,13-14H2,1-4H3,(H,24,29). The Balaban J connectivity index is 2.48. The lowest BCUT2D eigenvalue weighted by molar-refractivity contribution is -0.384. The van der Waals surface area contributed by atoms with Crippen molar-refractivity contribution in [3.8, 4) is 0 Å². The van der Waals surface area contributed by atoms with Gasteiger partial charge in [0.15, 0.2) is 0 Å². The number of hydrogen-bond donors (Lipinski definition) is 1. The maximum atomic E-state index is 13.4. The Morgan fingerprint density at radius 1 is 1.21 bits per heavy atom. The van der Waals surface area contributed by atoms with Crippen LogP contribution in [0.3, 0.4) is 0 Å². The summed E-state index contributed by atoms with van der Waals surface area (Å²) in [6.07, 6.45) is 0.910. The molecule has 2 rings (SSSR count). The molecule has 0 spiro atoms. The molecule has 0 aliphatic heterocycles. The fraction of sp³-hybridized carbons (Fsp3) is 0.364. The highest BCUT2D eigenvalue weighted by Crippen LogP contribution is 2.28. The van der Waals surface area contributed by atoms with Gasteiger partial charge in [-0.15, -0.1) is 0 Å². The summed E-state index contributed by atoms with van der Waals surface area (Å²) < 4.78 is 26.1. The minimum atomic E-state index is -4.01. The zero-order chi connectivity index (χ0) is 25.6. The van der Waals surface area contributed by atoms with Crippen molar-refractivity contribution in [2.45, 2.75) is 33.4 Å². The Bertz CT molecular complexity index is 1190. The largest absolute Gasteiger partial charge is 0.355 e. The molecule has 0 saturated carbocycles. The quantitative estimate of drug-likeness (QED) is 0.386. The number of nitrogens with zero attached hydrogens (tertiary/aromatic N) is 3. The molecule has 1 atom stereocenters. The molecule has 2 amide bonds. The van der Waals surface area contributed by atoms with E-state index in [2.05, 4.69) is 5.32 Å². The summed E-state index contributed by atoms with van der Waals surface area (Å²) in [6.45, 7) is 4.57. The Morgan fingerprint density at radius 2 is 1.88 bits per heavy atom. The minimum absolute atomic E-state index is 0.00319. The van der Waals surface area contributed by atoms with Crippen molar-refractivity contribution in [2.75, 3.05) is 23.7 Å². The summed E-state index contributed by atoms with van der Waals surface area (Å²) in [4.78, 5) is 37.8. The van der Waals surface area contributed by atoms with E-state index in [4.69, 9.17) is 11.6 Å². The number of rotatable bonds is 10. The Morgan fingerprint density at radius 3 is 2.44 bits per heavy atom. The van der Waals surface area contributed by atoms with E-state index in [0.29, 0.717) is 22.7 Å². The lowest BCUT2D eigenvalue weighted by Gasteiger charge is -2.31. The molecule has 0 bridgehead atoms. The number of sulfonamides is 1. The van der Waals surface area contributed by atoms with Crippen LogP contribution in [0.4, 0.5) is 11.4 Å². The van der Waals surface area contributed by atoms with Crippen LogP contribution in [0.1, 0.15) is 25.0 Å². The van der Waals surface area contributed by atoms with Crippen molar-refractivity contribution in [1.29, 1.82) is 0 Å². The van der Waals surface area contributed by atoms with Gasteiger partial charge in [-0.25, -0.2) is 8.42 Å². The van der Waals surface area contributed by atoms with Crippen LogP contribution in [-0.4, -0.2) is 55.4 Å². The summed E-state index contributed by atoms with van der Waals surface area (Å²) in [5.41, 5.74) is 0.781. The van der Waals surface area contributed by atoms with Gasteiger partial charge in [-0.3, -0.25) is 24.0 Å². The Kier molecular flexibility index (Phi) is 9.00. The second-order valence-electron chi connectivity index (χ2n) is 7.72. The van der Waals surface area contributed by atoms with E-state index in [-0.39, 0.29) is 17.9 Å². The fourth-order valence-electron chi connectivity index (χ4n) is 3.31. The summed E-state index contributed by atoms with van der Waals surface area (Å²) in [5, 5.41) is 14.3. The fourth-order valence-corrected chi connectivity index (χ4v) is 4.42. The third kappa shape index (κ3) is 6.91. The van der Waals surface area contributed by atoms with Crippen LogP contribution in [0.5, 0.6) is 0 Å². The second kappa shape index (κ2) is 11.3. The van der Waals surface area contributed by atoms with Crippen LogP contribution >= 0.6 is 11.6 Å². The summed E-state index contributed by atoms with van der Waals surface area (Å²) in [5.74, 6) is -1.06. The van der Waals surface area contributed by atoms with Gasteiger partial charge < -0.3 is 10.2 Å². The number of nitro benzene ring substituents is 1. The van der Waals surface area contributed by atoms with E-state index < -0.39 is 39.3 Å². The van der Waals surface area contributed by atoms with Crippen molar-refractivity contribution in [2.24, 2.45) is 0 Å². The number of carbonyl (C=O) groups is 2. The number of amides is 2. The number of hydrogen-bond acceptors (Lipinski definition) is 6. The lowest BCUT2D eigenvalue weighted by atomic mass is 10.1. The van der Waals surface area contributed by atoms with Gasteiger partial charge >= 0.3 is 0 Å². The third-order valence-corrected chi connectivity index (χ3v) is 6.47. The summed E-state index contributed by atoms with van der Waals surface area (Å²) in [6, 6.07) is 9.60. The molecule has 184 valence electrons. The second-order valence-corrected chi connectivity index (χ2v) is 10.1. The molecule has 1 unspecified atom stereocenters.